The van der Waals surface area contributed by atoms with E-state index in [-0.39, 0.29) is 6.61 Å². The van der Waals surface area contributed by atoms with Gasteiger partial charge in [-0.2, -0.15) is 0 Å². The molecular weight excluding hydrogens is 271 g/mol. The molecule has 20 heavy (non-hydrogen) atoms. The van der Waals surface area contributed by atoms with Crippen molar-refractivity contribution in [2.75, 3.05) is 20.3 Å². The fourth-order valence-electron chi connectivity index (χ4n) is 1.60. The quantitative estimate of drug-likeness (QED) is 0.746. The zero-order valence-electron chi connectivity index (χ0n) is 11.7. The van der Waals surface area contributed by atoms with Crippen molar-refractivity contribution in [3.8, 4) is 5.75 Å². The van der Waals surface area contributed by atoms with Crippen molar-refractivity contribution in [2.45, 2.75) is 32.2 Å². The number of rotatable bonds is 8. The van der Waals surface area contributed by atoms with Gasteiger partial charge in [-0.05, 0) is 44.5 Å². The summed E-state index contributed by atoms with van der Waals surface area (Å²) in [6.45, 7) is 1.47. The minimum atomic E-state index is -4.60. The third-order valence-electron chi connectivity index (χ3n) is 2.90. The van der Waals surface area contributed by atoms with E-state index < -0.39 is 13.0 Å². The van der Waals surface area contributed by atoms with Crippen LogP contribution in [0.3, 0.4) is 0 Å². The van der Waals surface area contributed by atoms with Crippen LogP contribution in [-0.2, 0) is 11.2 Å². The van der Waals surface area contributed by atoms with E-state index >= 15 is 0 Å². The molecule has 0 spiro atoms. The summed E-state index contributed by atoms with van der Waals surface area (Å²) in [6, 6.07) is 7.80. The van der Waals surface area contributed by atoms with Crippen LogP contribution in [0.4, 0.5) is 13.2 Å². The number of aryl methyl sites for hydroxylation is 1. The second-order valence-corrected chi connectivity index (χ2v) is 4.52. The minimum Gasteiger partial charge on any atom is -0.491 e. The molecule has 1 rings (SSSR count). The Balaban J connectivity index is 2.28. The molecule has 0 amide bonds. The van der Waals surface area contributed by atoms with Gasteiger partial charge in [0.05, 0.1) is 6.61 Å². The van der Waals surface area contributed by atoms with Crippen molar-refractivity contribution in [1.82, 2.24) is 5.32 Å². The van der Waals surface area contributed by atoms with Gasteiger partial charge >= 0.3 is 6.36 Å². The Labute approximate surface area is 117 Å². The van der Waals surface area contributed by atoms with Gasteiger partial charge in [0, 0.05) is 6.04 Å². The Morgan fingerprint density at radius 2 is 1.80 bits per heavy atom. The van der Waals surface area contributed by atoms with Crippen LogP contribution in [0, 0.1) is 0 Å². The SMILES string of the molecule is CNC(C)CCc1ccc(OCCOC(F)(F)F)cc1. The van der Waals surface area contributed by atoms with Gasteiger partial charge in [0.15, 0.2) is 0 Å². The lowest BCUT2D eigenvalue weighted by atomic mass is 10.1. The molecule has 0 aromatic heterocycles. The van der Waals surface area contributed by atoms with E-state index in [2.05, 4.69) is 17.0 Å². The van der Waals surface area contributed by atoms with Gasteiger partial charge in [-0.3, -0.25) is 4.74 Å². The Morgan fingerprint density at radius 3 is 2.35 bits per heavy atom. The fraction of sp³-hybridized carbons (Fsp3) is 0.571. The number of nitrogens with one attached hydrogen (secondary N) is 1. The molecule has 1 atom stereocenters. The van der Waals surface area contributed by atoms with E-state index in [1.807, 2.05) is 19.2 Å². The van der Waals surface area contributed by atoms with Crippen molar-refractivity contribution in [2.24, 2.45) is 0 Å². The summed E-state index contributed by atoms with van der Waals surface area (Å²) >= 11 is 0. The molecule has 0 aliphatic carbocycles. The normalized spacial score (nSPS) is 13.2. The van der Waals surface area contributed by atoms with E-state index in [1.54, 1.807) is 12.1 Å². The molecule has 0 aliphatic heterocycles. The van der Waals surface area contributed by atoms with Crippen molar-refractivity contribution in [3.63, 3.8) is 0 Å². The zero-order valence-corrected chi connectivity index (χ0v) is 11.7. The maximum Gasteiger partial charge on any atom is 0.522 e. The Bertz CT molecular complexity index is 379. The summed E-state index contributed by atoms with van der Waals surface area (Å²) in [7, 11) is 1.92. The fourth-order valence-corrected chi connectivity index (χ4v) is 1.60. The average molecular weight is 291 g/mol. The van der Waals surface area contributed by atoms with E-state index in [0.29, 0.717) is 11.8 Å². The van der Waals surface area contributed by atoms with Gasteiger partial charge in [-0.1, -0.05) is 12.1 Å². The molecule has 3 nitrogen and oxygen atoms in total. The monoisotopic (exact) mass is 291 g/mol. The number of hydrogen-bond donors (Lipinski definition) is 1. The van der Waals surface area contributed by atoms with Crippen LogP contribution in [0.25, 0.3) is 0 Å². The van der Waals surface area contributed by atoms with Gasteiger partial charge in [-0.25, -0.2) is 0 Å². The Hall–Kier alpha value is -1.27. The number of ether oxygens (including phenoxy) is 2. The molecule has 0 heterocycles. The molecule has 0 fully saturated rings. The number of hydrogen-bond acceptors (Lipinski definition) is 3. The first-order valence-corrected chi connectivity index (χ1v) is 6.50. The summed E-state index contributed by atoms with van der Waals surface area (Å²) in [5, 5.41) is 3.16. The first kappa shape index (κ1) is 16.8. The molecular formula is C14H20F3NO2. The lowest BCUT2D eigenvalue weighted by Crippen LogP contribution is -2.21. The predicted octanol–water partition coefficient (Wildman–Crippen LogP) is 3.14. The number of benzene rings is 1. The molecule has 0 radical (unpaired) electrons. The number of alkyl halides is 3. The highest BCUT2D eigenvalue weighted by Gasteiger charge is 2.28. The van der Waals surface area contributed by atoms with Crippen molar-refractivity contribution in [3.05, 3.63) is 29.8 Å². The molecule has 114 valence electrons. The first-order valence-electron chi connectivity index (χ1n) is 6.50. The molecule has 0 aliphatic rings. The average Bonchev–Trinajstić information content (AvgIpc) is 2.41. The van der Waals surface area contributed by atoms with Gasteiger partial charge in [0.1, 0.15) is 12.4 Å². The molecule has 1 aromatic rings. The van der Waals surface area contributed by atoms with E-state index in [9.17, 15) is 13.2 Å². The van der Waals surface area contributed by atoms with E-state index in [0.717, 1.165) is 12.8 Å². The molecule has 0 saturated heterocycles. The second kappa shape index (κ2) is 8.11. The van der Waals surface area contributed by atoms with Crippen molar-refractivity contribution < 1.29 is 22.6 Å². The molecule has 1 N–H and O–H groups in total. The van der Waals surface area contributed by atoms with Gasteiger partial charge in [0.25, 0.3) is 0 Å². The lowest BCUT2D eigenvalue weighted by molar-refractivity contribution is -0.325. The van der Waals surface area contributed by atoms with Gasteiger partial charge in [0.2, 0.25) is 0 Å². The third-order valence-corrected chi connectivity index (χ3v) is 2.90. The van der Waals surface area contributed by atoms with Crippen LogP contribution in [0.2, 0.25) is 0 Å². The summed E-state index contributed by atoms with van der Waals surface area (Å²) in [5.74, 6) is 0.543. The molecule has 6 heteroatoms. The standard InChI is InChI=1S/C14H20F3NO2/c1-11(18-2)3-4-12-5-7-13(8-6-12)19-9-10-20-14(15,16)17/h5-8,11,18H,3-4,9-10H2,1-2H3. The highest BCUT2D eigenvalue weighted by Crippen LogP contribution is 2.17. The van der Waals surface area contributed by atoms with Crippen LogP contribution < -0.4 is 10.1 Å². The molecule has 0 saturated carbocycles. The van der Waals surface area contributed by atoms with Crippen LogP contribution in [0.15, 0.2) is 24.3 Å². The number of halogens is 3. The van der Waals surface area contributed by atoms with E-state index in [1.165, 1.54) is 5.56 Å². The van der Waals surface area contributed by atoms with Gasteiger partial charge in [-0.15, -0.1) is 13.2 Å². The van der Waals surface area contributed by atoms with Crippen molar-refractivity contribution >= 4 is 0 Å². The topological polar surface area (TPSA) is 30.5 Å². The summed E-state index contributed by atoms with van der Waals surface area (Å²) in [5.41, 5.74) is 1.17. The maximum atomic E-state index is 11.7. The first-order chi connectivity index (χ1) is 9.40. The maximum absolute atomic E-state index is 11.7. The minimum absolute atomic E-state index is 0.129. The molecule has 1 unspecified atom stereocenters. The predicted molar refractivity (Wildman–Crippen MR) is 70.8 cm³/mol. The van der Waals surface area contributed by atoms with Crippen LogP contribution in [0.5, 0.6) is 5.75 Å². The molecule has 1 aromatic carbocycles. The second-order valence-electron chi connectivity index (χ2n) is 4.52. The Morgan fingerprint density at radius 1 is 1.15 bits per heavy atom. The lowest BCUT2D eigenvalue weighted by Gasteiger charge is -2.11. The van der Waals surface area contributed by atoms with Crippen LogP contribution in [-0.4, -0.2) is 32.7 Å². The Kier molecular flexibility index (Phi) is 6.81. The van der Waals surface area contributed by atoms with Crippen molar-refractivity contribution in [1.29, 1.82) is 0 Å². The largest absolute Gasteiger partial charge is 0.522 e. The third kappa shape index (κ3) is 7.35. The van der Waals surface area contributed by atoms with Crippen LogP contribution >= 0.6 is 0 Å². The summed E-state index contributed by atoms with van der Waals surface area (Å²) in [6.07, 6.45) is -2.63. The zero-order chi connectivity index (χ0) is 15.0. The summed E-state index contributed by atoms with van der Waals surface area (Å²) in [4.78, 5) is 0. The van der Waals surface area contributed by atoms with Crippen LogP contribution in [0.1, 0.15) is 18.9 Å². The highest BCUT2D eigenvalue weighted by atomic mass is 19.4. The highest BCUT2D eigenvalue weighted by molar-refractivity contribution is 5.27. The smallest absolute Gasteiger partial charge is 0.491 e. The van der Waals surface area contributed by atoms with E-state index in [4.69, 9.17) is 4.74 Å². The molecule has 0 bridgehead atoms. The summed E-state index contributed by atoms with van der Waals surface area (Å²) < 4.78 is 44.0. The van der Waals surface area contributed by atoms with Gasteiger partial charge < -0.3 is 10.1 Å².